The molecule has 2 aliphatic heterocycles. The smallest absolute Gasteiger partial charge is 0.338 e. The van der Waals surface area contributed by atoms with Gasteiger partial charge in [-0.05, 0) is 38.1 Å². The fourth-order valence-electron chi connectivity index (χ4n) is 3.30. The standard InChI is InChI=1S/C15H17Cl2NO2/c1-18-10-3-4-11(18)8-12(7-10)20-15(19)9-2-5-13(16)14(17)6-9/h2,5-6,10-12H,3-4,7-8H2,1H3/t10-,11+,12?. The van der Waals surface area contributed by atoms with Gasteiger partial charge in [0.2, 0.25) is 0 Å². The van der Waals surface area contributed by atoms with E-state index in [-0.39, 0.29) is 12.1 Å². The number of hydrogen-bond donors (Lipinski definition) is 0. The molecule has 20 heavy (non-hydrogen) atoms. The van der Waals surface area contributed by atoms with Gasteiger partial charge >= 0.3 is 5.97 Å². The first-order valence-corrected chi connectivity index (χ1v) is 7.68. The third-order valence-corrected chi connectivity index (χ3v) is 5.22. The van der Waals surface area contributed by atoms with Gasteiger partial charge in [-0.1, -0.05) is 23.2 Å². The summed E-state index contributed by atoms with van der Waals surface area (Å²) in [6.45, 7) is 0. The summed E-state index contributed by atoms with van der Waals surface area (Å²) in [5.41, 5.74) is 0.464. The Balaban J connectivity index is 1.66. The Morgan fingerprint density at radius 2 is 1.85 bits per heavy atom. The molecule has 3 nitrogen and oxygen atoms in total. The molecule has 1 unspecified atom stereocenters. The van der Waals surface area contributed by atoms with Crippen molar-refractivity contribution in [1.82, 2.24) is 4.90 Å². The van der Waals surface area contributed by atoms with E-state index in [9.17, 15) is 4.79 Å². The molecule has 2 bridgehead atoms. The van der Waals surface area contributed by atoms with Crippen molar-refractivity contribution in [2.24, 2.45) is 0 Å². The minimum atomic E-state index is -0.308. The Bertz CT molecular complexity index is 521. The lowest BCUT2D eigenvalue weighted by molar-refractivity contribution is -0.000447. The summed E-state index contributed by atoms with van der Waals surface area (Å²) in [4.78, 5) is 14.6. The highest BCUT2D eigenvalue weighted by Crippen LogP contribution is 2.35. The van der Waals surface area contributed by atoms with Crippen molar-refractivity contribution in [3.8, 4) is 0 Å². The summed E-state index contributed by atoms with van der Waals surface area (Å²) in [6, 6.07) is 5.95. The van der Waals surface area contributed by atoms with Crippen molar-refractivity contribution in [1.29, 1.82) is 0 Å². The number of esters is 1. The van der Waals surface area contributed by atoms with Crippen molar-refractivity contribution in [3.05, 3.63) is 33.8 Å². The van der Waals surface area contributed by atoms with E-state index in [0.29, 0.717) is 27.7 Å². The van der Waals surface area contributed by atoms with Gasteiger partial charge in [0.1, 0.15) is 6.10 Å². The third-order valence-electron chi connectivity index (χ3n) is 4.48. The first-order valence-electron chi connectivity index (χ1n) is 6.92. The molecule has 0 aromatic heterocycles. The van der Waals surface area contributed by atoms with Gasteiger partial charge in [-0.25, -0.2) is 4.79 Å². The van der Waals surface area contributed by atoms with E-state index in [1.165, 1.54) is 12.8 Å². The second kappa shape index (κ2) is 5.55. The molecule has 0 aliphatic carbocycles. The number of piperidine rings is 1. The lowest BCUT2D eigenvalue weighted by Gasteiger charge is -2.35. The summed E-state index contributed by atoms with van der Waals surface area (Å²) in [6.07, 6.45) is 4.30. The number of hydrogen-bond acceptors (Lipinski definition) is 3. The molecule has 0 amide bonds. The first-order chi connectivity index (χ1) is 9.54. The van der Waals surface area contributed by atoms with Gasteiger partial charge in [0, 0.05) is 24.9 Å². The monoisotopic (exact) mass is 313 g/mol. The van der Waals surface area contributed by atoms with Crippen LogP contribution in [-0.2, 0) is 4.74 Å². The SMILES string of the molecule is CN1[C@@H]2CC[C@H]1CC(OC(=O)c1ccc(Cl)c(Cl)c1)C2. The lowest BCUT2D eigenvalue weighted by atomic mass is 10.0. The van der Waals surface area contributed by atoms with E-state index in [1.807, 2.05) is 0 Å². The average molecular weight is 314 g/mol. The van der Waals surface area contributed by atoms with Crippen LogP contribution in [0.25, 0.3) is 0 Å². The Morgan fingerprint density at radius 3 is 2.45 bits per heavy atom. The molecule has 2 aliphatic rings. The second-order valence-corrected chi connectivity index (χ2v) is 6.49. The quantitative estimate of drug-likeness (QED) is 0.778. The van der Waals surface area contributed by atoms with Crippen LogP contribution in [0, 0.1) is 0 Å². The number of rotatable bonds is 2. The van der Waals surface area contributed by atoms with Gasteiger partial charge in [-0.15, -0.1) is 0 Å². The maximum absolute atomic E-state index is 12.2. The molecule has 5 heteroatoms. The van der Waals surface area contributed by atoms with Crippen LogP contribution in [0.1, 0.15) is 36.0 Å². The van der Waals surface area contributed by atoms with Gasteiger partial charge in [0.15, 0.2) is 0 Å². The van der Waals surface area contributed by atoms with Crippen molar-refractivity contribution in [3.63, 3.8) is 0 Å². The van der Waals surface area contributed by atoms with E-state index < -0.39 is 0 Å². The van der Waals surface area contributed by atoms with E-state index in [2.05, 4.69) is 11.9 Å². The number of nitrogens with zero attached hydrogens (tertiary/aromatic N) is 1. The largest absolute Gasteiger partial charge is 0.459 e. The van der Waals surface area contributed by atoms with Crippen molar-refractivity contribution in [2.45, 2.75) is 43.9 Å². The fraction of sp³-hybridized carbons (Fsp3) is 0.533. The molecule has 0 radical (unpaired) electrons. The second-order valence-electron chi connectivity index (χ2n) is 5.68. The number of ether oxygens (including phenoxy) is 1. The summed E-state index contributed by atoms with van der Waals surface area (Å²) < 4.78 is 5.63. The number of carbonyl (C=O) groups excluding carboxylic acids is 1. The topological polar surface area (TPSA) is 29.5 Å². The summed E-state index contributed by atoms with van der Waals surface area (Å²) in [5, 5.41) is 0.824. The minimum absolute atomic E-state index is 0.0191. The van der Waals surface area contributed by atoms with E-state index >= 15 is 0 Å². The third kappa shape index (κ3) is 2.67. The summed E-state index contributed by atoms with van der Waals surface area (Å²) >= 11 is 11.8. The van der Waals surface area contributed by atoms with Gasteiger partial charge in [-0.3, -0.25) is 0 Å². The normalized spacial score (nSPS) is 29.4. The molecule has 0 spiro atoms. The highest BCUT2D eigenvalue weighted by Gasteiger charge is 2.39. The van der Waals surface area contributed by atoms with Crippen LogP contribution in [0.15, 0.2) is 18.2 Å². The van der Waals surface area contributed by atoms with Crippen molar-refractivity contribution in [2.75, 3.05) is 7.05 Å². The van der Waals surface area contributed by atoms with Crippen LogP contribution < -0.4 is 0 Å². The number of fused-ring (bicyclic) bond motifs is 2. The molecule has 1 aromatic carbocycles. The van der Waals surface area contributed by atoms with Gasteiger partial charge < -0.3 is 9.64 Å². The zero-order valence-corrected chi connectivity index (χ0v) is 12.8. The van der Waals surface area contributed by atoms with Crippen molar-refractivity contribution < 1.29 is 9.53 Å². The molecule has 3 atom stereocenters. The molecule has 0 N–H and O–H groups in total. The molecule has 108 valence electrons. The van der Waals surface area contributed by atoms with Crippen LogP contribution >= 0.6 is 23.2 Å². The number of halogens is 2. The number of carbonyl (C=O) groups is 1. The summed E-state index contributed by atoms with van der Waals surface area (Å²) in [5.74, 6) is -0.308. The Kier molecular flexibility index (Phi) is 3.93. The zero-order chi connectivity index (χ0) is 14.3. The fourth-order valence-corrected chi connectivity index (χ4v) is 3.60. The molecule has 2 saturated heterocycles. The Hall–Kier alpha value is -0.770. The summed E-state index contributed by atoms with van der Waals surface area (Å²) in [7, 11) is 2.17. The van der Waals surface area contributed by atoms with Crippen LogP contribution in [0.2, 0.25) is 10.0 Å². The molecule has 1 aromatic rings. The zero-order valence-electron chi connectivity index (χ0n) is 11.3. The van der Waals surface area contributed by atoms with Gasteiger partial charge in [0.05, 0.1) is 15.6 Å². The van der Waals surface area contributed by atoms with Gasteiger partial charge in [-0.2, -0.15) is 0 Å². The maximum Gasteiger partial charge on any atom is 0.338 e. The highest BCUT2D eigenvalue weighted by molar-refractivity contribution is 6.42. The maximum atomic E-state index is 12.2. The molecular weight excluding hydrogens is 297 g/mol. The average Bonchev–Trinajstić information content (AvgIpc) is 2.64. The lowest BCUT2D eigenvalue weighted by Crippen LogP contribution is -2.43. The molecule has 2 fully saturated rings. The Labute approximate surface area is 128 Å². The van der Waals surface area contributed by atoms with E-state index in [4.69, 9.17) is 27.9 Å². The van der Waals surface area contributed by atoms with E-state index in [1.54, 1.807) is 18.2 Å². The molecule has 0 saturated carbocycles. The number of benzene rings is 1. The molecule has 2 heterocycles. The predicted molar refractivity (Wildman–Crippen MR) is 79.5 cm³/mol. The van der Waals surface area contributed by atoms with Crippen LogP contribution in [0.5, 0.6) is 0 Å². The predicted octanol–water partition coefficient (Wildman–Crippen LogP) is 3.78. The van der Waals surface area contributed by atoms with Crippen LogP contribution in [0.3, 0.4) is 0 Å². The highest BCUT2D eigenvalue weighted by atomic mass is 35.5. The van der Waals surface area contributed by atoms with E-state index in [0.717, 1.165) is 12.8 Å². The van der Waals surface area contributed by atoms with Crippen LogP contribution in [0.4, 0.5) is 0 Å². The Morgan fingerprint density at radius 1 is 1.20 bits per heavy atom. The van der Waals surface area contributed by atoms with Crippen molar-refractivity contribution >= 4 is 29.2 Å². The molecule has 3 rings (SSSR count). The molecular formula is C15H17Cl2NO2. The first kappa shape index (κ1) is 14.2. The minimum Gasteiger partial charge on any atom is -0.459 e. The van der Waals surface area contributed by atoms with Gasteiger partial charge in [0.25, 0.3) is 0 Å². The van der Waals surface area contributed by atoms with Crippen LogP contribution in [-0.4, -0.2) is 36.1 Å².